The summed E-state index contributed by atoms with van der Waals surface area (Å²) in [5, 5.41) is 1.98. The molecule has 1 heterocycles. The molecule has 0 amide bonds. The number of hydrogen-bond acceptors (Lipinski definition) is 2. The average molecular weight is 177 g/mol. The van der Waals surface area contributed by atoms with Gasteiger partial charge in [0.25, 0.3) is 0 Å². The molecule has 1 N–H and O–H groups in total. The van der Waals surface area contributed by atoms with Crippen molar-refractivity contribution >= 4 is 11.6 Å². The van der Waals surface area contributed by atoms with E-state index in [0.29, 0.717) is 11.5 Å². The minimum absolute atomic E-state index is 0.152. The second-order valence-corrected chi connectivity index (χ2v) is 4.83. The lowest BCUT2D eigenvalue weighted by molar-refractivity contribution is 0.210. The van der Waals surface area contributed by atoms with Crippen molar-refractivity contribution in [3.05, 3.63) is 0 Å². The van der Waals surface area contributed by atoms with Gasteiger partial charge in [-0.1, -0.05) is 20.8 Å². The van der Waals surface area contributed by atoms with Crippen molar-refractivity contribution in [2.24, 2.45) is 5.41 Å². The van der Waals surface area contributed by atoms with Crippen LogP contribution in [0, 0.1) is 5.41 Å². The van der Waals surface area contributed by atoms with Crippen LogP contribution in [0.5, 0.6) is 0 Å². The van der Waals surface area contributed by atoms with Gasteiger partial charge in [-0.3, -0.25) is 5.43 Å². The van der Waals surface area contributed by atoms with E-state index in [0.717, 1.165) is 6.42 Å². The summed E-state index contributed by atoms with van der Waals surface area (Å²) < 4.78 is 0. The molecular weight excluding hydrogens is 160 g/mol. The van der Waals surface area contributed by atoms with Gasteiger partial charge < -0.3 is 0 Å². The maximum atomic E-state index is 6.03. The third kappa shape index (κ3) is 2.08. The van der Waals surface area contributed by atoms with E-state index in [9.17, 15) is 0 Å². The summed E-state index contributed by atoms with van der Waals surface area (Å²) >= 11 is 6.03. The minimum atomic E-state index is 0.152. The van der Waals surface area contributed by atoms with Gasteiger partial charge in [-0.2, -0.15) is 0 Å². The monoisotopic (exact) mass is 176 g/mol. The molecule has 3 heteroatoms. The van der Waals surface area contributed by atoms with Crippen LogP contribution in [0.1, 0.15) is 27.2 Å². The van der Waals surface area contributed by atoms with E-state index >= 15 is 0 Å². The van der Waals surface area contributed by atoms with E-state index < -0.39 is 0 Å². The Labute approximate surface area is 73.9 Å². The van der Waals surface area contributed by atoms with Crippen LogP contribution in [0.15, 0.2) is 0 Å². The molecule has 0 radical (unpaired) electrons. The minimum Gasteiger partial charge on any atom is -0.250 e. The van der Waals surface area contributed by atoms with Crippen LogP contribution in [0.4, 0.5) is 0 Å². The van der Waals surface area contributed by atoms with Crippen molar-refractivity contribution in [3.8, 4) is 0 Å². The summed E-state index contributed by atoms with van der Waals surface area (Å²) in [5.74, 6) is 0. The van der Waals surface area contributed by atoms with Gasteiger partial charge in [0.15, 0.2) is 0 Å². The summed E-state index contributed by atoms with van der Waals surface area (Å²) in [7, 11) is 1.99. The van der Waals surface area contributed by atoms with Gasteiger partial charge in [0.2, 0.25) is 0 Å². The SMILES string of the molecule is CN1NC(C(C)(C)C)CC1Cl. The second kappa shape index (κ2) is 2.92. The van der Waals surface area contributed by atoms with E-state index in [1.165, 1.54) is 0 Å². The summed E-state index contributed by atoms with van der Waals surface area (Å²) in [6, 6.07) is 0.509. The molecule has 0 spiro atoms. The van der Waals surface area contributed by atoms with E-state index in [4.69, 9.17) is 11.6 Å². The zero-order chi connectivity index (χ0) is 8.65. The van der Waals surface area contributed by atoms with Crippen molar-refractivity contribution in [2.75, 3.05) is 7.05 Å². The zero-order valence-electron chi connectivity index (χ0n) is 7.69. The Kier molecular flexibility index (Phi) is 2.47. The molecule has 66 valence electrons. The number of hydrogen-bond donors (Lipinski definition) is 1. The Hall–Kier alpha value is 0.210. The molecule has 0 bridgehead atoms. The van der Waals surface area contributed by atoms with E-state index in [2.05, 4.69) is 26.2 Å². The van der Waals surface area contributed by atoms with Crippen LogP contribution >= 0.6 is 11.6 Å². The highest BCUT2D eigenvalue weighted by Gasteiger charge is 2.34. The maximum absolute atomic E-state index is 6.03. The molecule has 1 rings (SSSR count). The lowest BCUT2D eigenvalue weighted by Crippen LogP contribution is -2.40. The number of hydrazine groups is 1. The van der Waals surface area contributed by atoms with Crippen molar-refractivity contribution < 1.29 is 0 Å². The normalized spacial score (nSPS) is 34.6. The first-order valence-corrected chi connectivity index (χ1v) is 4.48. The third-order valence-corrected chi connectivity index (χ3v) is 2.73. The number of halogens is 1. The highest BCUT2D eigenvalue weighted by molar-refractivity contribution is 6.20. The predicted octanol–water partition coefficient (Wildman–Crippen LogP) is 1.81. The number of rotatable bonds is 0. The Bertz CT molecular complexity index is 132. The van der Waals surface area contributed by atoms with Gasteiger partial charge >= 0.3 is 0 Å². The van der Waals surface area contributed by atoms with Crippen molar-refractivity contribution in [2.45, 2.75) is 38.7 Å². The molecule has 2 nitrogen and oxygen atoms in total. The Morgan fingerprint density at radius 3 is 2.18 bits per heavy atom. The molecule has 1 aliphatic rings. The van der Waals surface area contributed by atoms with Gasteiger partial charge in [-0.25, -0.2) is 5.01 Å². The van der Waals surface area contributed by atoms with Crippen molar-refractivity contribution in [1.82, 2.24) is 10.4 Å². The average Bonchev–Trinajstić information content (AvgIpc) is 2.11. The first kappa shape index (κ1) is 9.30. The number of nitrogens with zero attached hydrogens (tertiary/aromatic N) is 1. The molecule has 0 aliphatic carbocycles. The molecule has 0 aromatic heterocycles. The zero-order valence-corrected chi connectivity index (χ0v) is 8.44. The summed E-state index contributed by atoms with van der Waals surface area (Å²) in [6.45, 7) is 6.69. The summed E-state index contributed by atoms with van der Waals surface area (Å²) in [5.41, 5.74) is 3.80. The van der Waals surface area contributed by atoms with E-state index in [1.54, 1.807) is 0 Å². The molecule has 2 unspecified atom stereocenters. The lowest BCUT2D eigenvalue weighted by atomic mass is 9.86. The highest BCUT2D eigenvalue weighted by atomic mass is 35.5. The predicted molar refractivity (Wildman–Crippen MR) is 48.4 cm³/mol. The second-order valence-electron chi connectivity index (χ2n) is 4.33. The molecule has 1 saturated heterocycles. The van der Waals surface area contributed by atoms with Gasteiger partial charge in [-0.15, -0.1) is 11.6 Å². The van der Waals surface area contributed by atoms with Crippen molar-refractivity contribution in [3.63, 3.8) is 0 Å². The molecule has 11 heavy (non-hydrogen) atoms. The third-order valence-electron chi connectivity index (χ3n) is 2.26. The molecular formula is C8H17ClN2. The van der Waals surface area contributed by atoms with Crippen LogP contribution in [0.2, 0.25) is 0 Å². The fraction of sp³-hybridized carbons (Fsp3) is 1.00. The molecule has 2 atom stereocenters. The van der Waals surface area contributed by atoms with Crippen LogP contribution in [0.3, 0.4) is 0 Å². The summed E-state index contributed by atoms with van der Waals surface area (Å²) in [4.78, 5) is 0. The molecule has 0 aromatic rings. The van der Waals surface area contributed by atoms with Crippen LogP contribution < -0.4 is 5.43 Å². The van der Waals surface area contributed by atoms with E-state index in [1.807, 2.05) is 12.1 Å². The number of nitrogens with one attached hydrogen (secondary N) is 1. The number of alkyl halides is 1. The highest BCUT2D eigenvalue weighted by Crippen LogP contribution is 2.29. The molecule has 0 saturated carbocycles. The first-order chi connectivity index (χ1) is 4.91. The van der Waals surface area contributed by atoms with Crippen LogP contribution in [-0.2, 0) is 0 Å². The van der Waals surface area contributed by atoms with Gasteiger partial charge in [0.1, 0.15) is 0 Å². The fourth-order valence-electron chi connectivity index (χ4n) is 1.28. The van der Waals surface area contributed by atoms with E-state index in [-0.39, 0.29) is 5.50 Å². The molecule has 0 aromatic carbocycles. The van der Waals surface area contributed by atoms with Gasteiger partial charge in [0, 0.05) is 13.1 Å². The summed E-state index contributed by atoms with van der Waals surface area (Å²) in [6.07, 6.45) is 1.03. The first-order valence-electron chi connectivity index (χ1n) is 4.04. The fourth-order valence-corrected chi connectivity index (χ4v) is 1.51. The largest absolute Gasteiger partial charge is 0.250 e. The topological polar surface area (TPSA) is 15.3 Å². The Balaban J connectivity index is 2.54. The smallest absolute Gasteiger partial charge is 0.0994 e. The lowest BCUT2D eigenvalue weighted by Gasteiger charge is -2.26. The van der Waals surface area contributed by atoms with Gasteiger partial charge in [-0.05, 0) is 11.8 Å². The quantitative estimate of drug-likeness (QED) is 0.448. The van der Waals surface area contributed by atoms with Crippen molar-refractivity contribution in [1.29, 1.82) is 0 Å². The van der Waals surface area contributed by atoms with Crippen LogP contribution in [0.25, 0.3) is 0 Å². The van der Waals surface area contributed by atoms with Crippen LogP contribution in [-0.4, -0.2) is 23.6 Å². The molecule has 1 fully saturated rings. The standard InChI is InChI=1S/C8H17ClN2/c1-8(2,3)6-5-7(9)11(4)10-6/h6-7,10H,5H2,1-4H3. The Morgan fingerprint density at radius 2 is 2.00 bits per heavy atom. The maximum Gasteiger partial charge on any atom is 0.0994 e. The molecule has 1 aliphatic heterocycles. The Morgan fingerprint density at radius 1 is 1.45 bits per heavy atom. The van der Waals surface area contributed by atoms with Gasteiger partial charge in [0.05, 0.1) is 5.50 Å².